The predicted molar refractivity (Wildman–Crippen MR) is 72.8 cm³/mol. The Labute approximate surface area is 111 Å². The van der Waals surface area contributed by atoms with Crippen LogP contribution in [0.5, 0.6) is 0 Å². The molecule has 0 saturated carbocycles. The van der Waals surface area contributed by atoms with Crippen LogP contribution in [0.25, 0.3) is 6.08 Å². The summed E-state index contributed by atoms with van der Waals surface area (Å²) in [4.78, 5) is 22.7. The van der Waals surface area contributed by atoms with E-state index in [2.05, 4.69) is 5.32 Å². The number of carbonyl (C=O) groups excluding carboxylic acids is 2. The molecule has 0 fully saturated rings. The van der Waals surface area contributed by atoms with E-state index < -0.39 is 5.97 Å². The number of hydrogen-bond donors (Lipinski definition) is 2. The molecular weight excluding hydrogens is 246 g/mol. The Kier molecular flexibility index (Phi) is 5.75. The molecule has 19 heavy (non-hydrogen) atoms. The number of ether oxygens (including phenoxy) is 1. The number of aliphatic hydroxyl groups is 1. The molecule has 0 heterocycles. The Morgan fingerprint density at radius 3 is 2.74 bits per heavy atom. The van der Waals surface area contributed by atoms with E-state index in [0.29, 0.717) is 23.4 Å². The first kappa shape index (κ1) is 14.9. The maximum atomic E-state index is 11.6. The van der Waals surface area contributed by atoms with Gasteiger partial charge in [0.05, 0.1) is 18.8 Å². The summed E-state index contributed by atoms with van der Waals surface area (Å²) in [5.74, 6) is -0.627. The average molecular weight is 263 g/mol. The lowest BCUT2D eigenvalue weighted by atomic mass is 10.1. The summed E-state index contributed by atoms with van der Waals surface area (Å²) in [5.41, 5.74) is 1.61. The molecule has 0 aliphatic carbocycles. The van der Waals surface area contributed by atoms with Gasteiger partial charge in [-0.1, -0.05) is 12.2 Å². The molecule has 1 aromatic rings. The Balaban J connectivity index is 3.10. The van der Waals surface area contributed by atoms with Crippen LogP contribution in [0.4, 0.5) is 5.69 Å². The molecule has 102 valence electrons. The molecule has 0 aliphatic heterocycles. The van der Waals surface area contributed by atoms with Crippen molar-refractivity contribution in [1.29, 1.82) is 0 Å². The van der Waals surface area contributed by atoms with E-state index >= 15 is 0 Å². The van der Waals surface area contributed by atoms with Crippen LogP contribution in [-0.2, 0) is 9.53 Å². The van der Waals surface area contributed by atoms with Crippen LogP contribution in [0.2, 0.25) is 0 Å². The third kappa shape index (κ3) is 4.56. The Morgan fingerprint density at radius 1 is 1.42 bits per heavy atom. The fraction of sp³-hybridized carbons (Fsp3) is 0.286. The third-order valence-corrected chi connectivity index (χ3v) is 2.28. The minimum Gasteiger partial charge on any atom is -0.462 e. The number of aliphatic hydroxyl groups excluding tert-OH is 1. The number of anilines is 1. The largest absolute Gasteiger partial charge is 0.462 e. The van der Waals surface area contributed by atoms with Gasteiger partial charge >= 0.3 is 5.97 Å². The van der Waals surface area contributed by atoms with Gasteiger partial charge in [-0.3, -0.25) is 4.79 Å². The molecule has 0 aromatic heterocycles. The van der Waals surface area contributed by atoms with Gasteiger partial charge in [-0.25, -0.2) is 4.79 Å². The number of amides is 1. The van der Waals surface area contributed by atoms with Crippen molar-refractivity contribution < 1.29 is 19.4 Å². The summed E-state index contributed by atoms with van der Waals surface area (Å²) in [6.45, 7) is 3.31. The molecular formula is C14H17NO4. The maximum absolute atomic E-state index is 11.6. The molecule has 0 bridgehead atoms. The number of benzene rings is 1. The lowest BCUT2D eigenvalue weighted by Crippen LogP contribution is -2.09. The van der Waals surface area contributed by atoms with E-state index in [0.717, 1.165) is 0 Å². The minimum atomic E-state index is -0.421. The third-order valence-electron chi connectivity index (χ3n) is 2.28. The van der Waals surface area contributed by atoms with Gasteiger partial charge in [0.15, 0.2) is 0 Å². The molecule has 0 atom stereocenters. The second kappa shape index (κ2) is 7.33. The van der Waals surface area contributed by atoms with Gasteiger partial charge in [0.2, 0.25) is 5.91 Å². The van der Waals surface area contributed by atoms with Crippen LogP contribution in [0, 0.1) is 0 Å². The van der Waals surface area contributed by atoms with Crippen molar-refractivity contribution in [1.82, 2.24) is 0 Å². The molecule has 0 spiro atoms. The Hall–Kier alpha value is -2.14. The summed E-state index contributed by atoms with van der Waals surface area (Å²) in [5, 5.41) is 11.5. The van der Waals surface area contributed by atoms with Gasteiger partial charge in [-0.05, 0) is 30.7 Å². The first-order valence-corrected chi connectivity index (χ1v) is 5.94. The molecule has 1 amide bonds. The van der Waals surface area contributed by atoms with Crippen LogP contribution in [0.15, 0.2) is 24.3 Å². The van der Waals surface area contributed by atoms with E-state index in [4.69, 9.17) is 9.84 Å². The topological polar surface area (TPSA) is 75.6 Å². The second-order valence-electron chi connectivity index (χ2n) is 3.79. The van der Waals surface area contributed by atoms with Gasteiger partial charge in [0.25, 0.3) is 0 Å². The minimum absolute atomic E-state index is 0.122. The fourth-order valence-electron chi connectivity index (χ4n) is 1.53. The van der Waals surface area contributed by atoms with Crippen LogP contribution in [-0.4, -0.2) is 30.2 Å². The molecule has 0 unspecified atom stereocenters. The molecule has 1 aromatic carbocycles. The van der Waals surface area contributed by atoms with Crippen molar-refractivity contribution >= 4 is 23.6 Å². The summed E-state index contributed by atoms with van der Waals surface area (Å²) in [6.07, 6.45) is 3.16. The van der Waals surface area contributed by atoms with Crippen molar-refractivity contribution in [3.05, 3.63) is 35.4 Å². The molecule has 1 rings (SSSR count). The zero-order chi connectivity index (χ0) is 14.3. The van der Waals surface area contributed by atoms with Gasteiger partial charge in [0.1, 0.15) is 0 Å². The zero-order valence-electron chi connectivity index (χ0n) is 11.0. The van der Waals surface area contributed by atoms with Crippen LogP contribution in [0.1, 0.15) is 29.8 Å². The quantitative estimate of drug-likeness (QED) is 0.795. The lowest BCUT2D eigenvalue weighted by molar-refractivity contribution is -0.114. The maximum Gasteiger partial charge on any atom is 0.338 e. The second-order valence-corrected chi connectivity index (χ2v) is 3.79. The van der Waals surface area contributed by atoms with Gasteiger partial charge < -0.3 is 15.2 Å². The van der Waals surface area contributed by atoms with Crippen LogP contribution >= 0.6 is 0 Å². The highest BCUT2D eigenvalue weighted by atomic mass is 16.5. The Bertz CT molecular complexity index is 494. The Morgan fingerprint density at radius 2 is 2.16 bits per heavy atom. The van der Waals surface area contributed by atoms with E-state index in [1.54, 1.807) is 31.2 Å². The average Bonchev–Trinajstić information content (AvgIpc) is 2.37. The van der Waals surface area contributed by atoms with E-state index in [-0.39, 0.29) is 12.5 Å². The van der Waals surface area contributed by atoms with Gasteiger partial charge in [-0.2, -0.15) is 0 Å². The standard InChI is InChI=1S/C14H17NO4/c1-3-19-14(18)12-6-7-13(15-10(2)17)11(9-12)5-4-8-16/h4-7,9,16H,3,8H2,1-2H3,(H,15,17)/b5-4+. The molecule has 5 nitrogen and oxygen atoms in total. The summed E-state index contributed by atoms with van der Waals surface area (Å²) < 4.78 is 4.91. The normalized spacial score (nSPS) is 10.5. The first-order chi connectivity index (χ1) is 9.08. The van der Waals surface area contributed by atoms with E-state index in [9.17, 15) is 9.59 Å². The summed E-state index contributed by atoms with van der Waals surface area (Å²) >= 11 is 0. The number of carbonyl (C=O) groups is 2. The summed E-state index contributed by atoms with van der Waals surface area (Å²) in [7, 11) is 0. The molecule has 5 heteroatoms. The molecule has 0 saturated heterocycles. The monoisotopic (exact) mass is 263 g/mol. The van der Waals surface area contributed by atoms with Crippen molar-refractivity contribution in [3.8, 4) is 0 Å². The molecule has 0 aliphatic rings. The lowest BCUT2D eigenvalue weighted by Gasteiger charge is -2.09. The number of rotatable bonds is 5. The van der Waals surface area contributed by atoms with Crippen molar-refractivity contribution in [2.45, 2.75) is 13.8 Å². The highest BCUT2D eigenvalue weighted by Crippen LogP contribution is 2.20. The van der Waals surface area contributed by atoms with E-state index in [1.807, 2.05) is 0 Å². The van der Waals surface area contributed by atoms with Crippen molar-refractivity contribution in [3.63, 3.8) is 0 Å². The van der Waals surface area contributed by atoms with Crippen LogP contribution < -0.4 is 5.32 Å². The van der Waals surface area contributed by atoms with Gasteiger partial charge in [-0.15, -0.1) is 0 Å². The highest BCUT2D eigenvalue weighted by molar-refractivity contribution is 5.95. The smallest absolute Gasteiger partial charge is 0.338 e. The fourth-order valence-corrected chi connectivity index (χ4v) is 1.53. The first-order valence-electron chi connectivity index (χ1n) is 5.94. The molecule has 2 N–H and O–H groups in total. The van der Waals surface area contributed by atoms with Gasteiger partial charge in [0, 0.05) is 12.6 Å². The van der Waals surface area contributed by atoms with E-state index in [1.165, 1.54) is 13.0 Å². The predicted octanol–water partition coefficient (Wildman–Crippen LogP) is 1.83. The zero-order valence-corrected chi connectivity index (χ0v) is 11.0. The van der Waals surface area contributed by atoms with Crippen LogP contribution in [0.3, 0.4) is 0 Å². The number of esters is 1. The van der Waals surface area contributed by atoms with Crippen molar-refractivity contribution in [2.75, 3.05) is 18.5 Å². The highest BCUT2D eigenvalue weighted by Gasteiger charge is 2.09. The number of hydrogen-bond acceptors (Lipinski definition) is 4. The molecule has 0 radical (unpaired) electrons. The summed E-state index contributed by atoms with van der Waals surface area (Å²) in [6, 6.07) is 4.82. The van der Waals surface area contributed by atoms with Crippen molar-refractivity contribution in [2.24, 2.45) is 0 Å². The number of nitrogens with one attached hydrogen (secondary N) is 1. The SMILES string of the molecule is CCOC(=O)c1ccc(NC(C)=O)c(/C=C/CO)c1.